The maximum Gasteiger partial charge on any atom is 0.0847 e. The van der Waals surface area contributed by atoms with Gasteiger partial charge in [0.15, 0.2) is 0 Å². The Labute approximate surface area is 223 Å². The van der Waals surface area contributed by atoms with Crippen molar-refractivity contribution < 1.29 is 0 Å². The quantitative estimate of drug-likeness (QED) is 0.227. The number of benzene rings is 2. The number of rotatable bonds is 8. The molecule has 0 saturated carbocycles. The number of aryl methyl sites for hydroxylation is 4. The van der Waals surface area contributed by atoms with Crippen LogP contribution in [0.1, 0.15) is 84.9 Å². The van der Waals surface area contributed by atoms with Crippen LogP contribution in [-0.2, 0) is 19.3 Å². The van der Waals surface area contributed by atoms with Gasteiger partial charge in [0.05, 0.1) is 6.34 Å². The van der Waals surface area contributed by atoms with Crippen molar-refractivity contribution in [3.05, 3.63) is 86.1 Å². The fourth-order valence-corrected chi connectivity index (χ4v) is 6.32. The number of fused-ring (bicyclic) bond motifs is 1. The first-order chi connectivity index (χ1) is 17.4. The van der Waals surface area contributed by atoms with Gasteiger partial charge in [-0.3, -0.25) is 4.99 Å². The second-order valence-electron chi connectivity index (χ2n) is 10.5. The highest BCUT2D eigenvalue weighted by Crippen LogP contribution is 2.40. The van der Waals surface area contributed by atoms with Gasteiger partial charge in [-0.2, -0.15) is 0 Å². The third-order valence-electron chi connectivity index (χ3n) is 7.78. The van der Waals surface area contributed by atoms with E-state index in [-0.39, 0.29) is 0 Å². The van der Waals surface area contributed by atoms with Gasteiger partial charge in [-0.05, 0) is 104 Å². The van der Waals surface area contributed by atoms with Gasteiger partial charge in [-0.25, -0.2) is 0 Å². The monoisotopic (exact) mass is 501 g/mol. The molecule has 2 aromatic rings. The Hall–Kier alpha value is -2.46. The maximum absolute atomic E-state index is 4.58. The molecule has 0 spiro atoms. The van der Waals surface area contributed by atoms with Crippen molar-refractivity contribution in [2.75, 3.05) is 20.1 Å². The molecule has 1 aliphatic carbocycles. The summed E-state index contributed by atoms with van der Waals surface area (Å²) in [5.41, 5.74) is 12.6. The van der Waals surface area contributed by atoms with E-state index in [1.165, 1.54) is 76.2 Å². The topological polar surface area (TPSA) is 27.6 Å². The van der Waals surface area contributed by atoms with Crippen LogP contribution in [0.3, 0.4) is 0 Å². The summed E-state index contributed by atoms with van der Waals surface area (Å²) < 4.78 is 0. The van der Waals surface area contributed by atoms with Gasteiger partial charge in [0.1, 0.15) is 0 Å². The van der Waals surface area contributed by atoms with Gasteiger partial charge in [-0.15, -0.1) is 0 Å². The van der Waals surface area contributed by atoms with Crippen LogP contribution in [0.15, 0.2) is 52.1 Å². The lowest BCUT2D eigenvalue weighted by Crippen LogP contribution is -2.20. The van der Waals surface area contributed by atoms with Crippen LogP contribution in [0, 0.1) is 13.8 Å². The van der Waals surface area contributed by atoms with E-state index in [0.29, 0.717) is 5.92 Å². The molecule has 0 aromatic heterocycles. The Balaban J connectivity index is 1.45. The molecule has 0 saturated heterocycles. The minimum Gasteiger partial charge on any atom is -0.366 e. The molecule has 4 rings (SSSR count). The Kier molecular flexibility index (Phi) is 9.00. The van der Waals surface area contributed by atoms with E-state index in [4.69, 9.17) is 0 Å². The number of hydrogen-bond acceptors (Lipinski definition) is 3. The molecule has 1 unspecified atom stereocenters. The Morgan fingerprint density at radius 3 is 2.56 bits per heavy atom. The highest BCUT2D eigenvalue weighted by atomic mass is 32.2. The van der Waals surface area contributed by atoms with Crippen molar-refractivity contribution in [2.24, 2.45) is 4.99 Å². The summed E-state index contributed by atoms with van der Waals surface area (Å²) in [5, 5.41) is 6.10. The molecule has 0 radical (unpaired) electrons. The largest absolute Gasteiger partial charge is 0.366 e. The average Bonchev–Trinajstić information content (AvgIpc) is 3.12. The number of allylic oxidation sites excluding steroid dienone is 2. The molecular formula is C32H43N3S. The van der Waals surface area contributed by atoms with E-state index < -0.39 is 0 Å². The van der Waals surface area contributed by atoms with Crippen LogP contribution in [0.5, 0.6) is 0 Å². The van der Waals surface area contributed by atoms with Crippen molar-refractivity contribution in [1.29, 1.82) is 0 Å². The second-order valence-corrected chi connectivity index (χ2v) is 11.4. The first kappa shape index (κ1) is 26.6. The van der Waals surface area contributed by atoms with E-state index in [2.05, 4.69) is 92.6 Å². The second kappa shape index (κ2) is 12.2. The molecule has 1 atom stereocenters. The van der Waals surface area contributed by atoms with Crippen molar-refractivity contribution in [3.8, 4) is 0 Å². The summed E-state index contributed by atoms with van der Waals surface area (Å²) in [5.74, 6) is 0.324. The highest BCUT2D eigenvalue weighted by Gasteiger charge is 2.21. The zero-order chi connectivity index (χ0) is 25.7. The fourth-order valence-electron chi connectivity index (χ4n) is 5.33. The number of hydrogen-bond donors (Lipinski definition) is 1. The van der Waals surface area contributed by atoms with Gasteiger partial charge in [0.25, 0.3) is 0 Å². The first-order valence-corrected chi connectivity index (χ1v) is 14.5. The van der Waals surface area contributed by atoms with Gasteiger partial charge < -0.3 is 10.2 Å². The minimum absolute atomic E-state index is 0.324. The van der Waals surface area contributed by atoms with Gasteiger partial charge in [0.2, 0.25) is 0 Å². The van der Waals surface area contributed by atoms with E-state index >= 15 is 0 Å². The van der Waals surface area contributed by atoms with E-state index in [1.54, 1.807) is 11.1 Å². The molecule has 2 aromatic carbocycles. The average molecular weight is 502 g/mol. The predicted molar refractivity (Wildman–Crippen MR) is 159 cm³/mol. The SMILES string of the molecule is CCN(C)C=NCCc1cc(C)c(C(C)C2=CSC(c3ccc4c(c3)CCCCC4)=C(C)N2)cc1C. The summed E-state index contributed by atoms with van der Waals surface area (Å²) in [6.07, 6.45) is 9.41. The molecular weight excluding hydrogens is 458 g/mol. The van der Waals surface area contributed by atoms with Crippen LogP contribution in [0.2, 0.25) is 0 Å². The van der Waals surface area contributed by atoms with Gasteiger partial charge in [-0.1, -0.05) is 55.4 Å². The molecule has 36 heavy (non-hydrogen) atoms. The van der Waals surface area contributed by atoms with Gasteiger partial charge >= 0.3 is 0 Å². The number of nitrogens with one attached hydrogen (secondary N) is 1. The molecule has 192 valence electrons. The van der Waals surface area contributed by atoms with Crippen LogP contribution in [0.25, 0.3) is 4.91 Å². The molecule has 1 heterocycles. The molecule has 1 aliphatic heterocycles. The lowest BCUT2D eigenvalue weighted by Gasteiger charge is -2.26. The van der Waals surface area contributed by atoms with E-state index in [1.807, 2.05) is 18.1 Å². The number of nitrogens with zero attached hydrogens (tertiary/aromatic N) is 2. The number of thioether (sulfide) groups is 1. The molecule has 0 amide bonds. The normalized spacial score (nSPS) is 16.9. The number of aliphatic imine (C=N–C) groups is 1. The summed E-state index contributed by atoms with van der Waals surface area (Å²) >= 11 is 1.88. The van der Waals surface area contributed by atoms with Crippen LogP contribution in [0.4, 0.5) is 0 Å². The lowest BCUT2D eigenvalue weighted by molar-refractivity contribution is 0.549. The third kappa shape index (κ3) is 6.26. The van der Waals surface area contributed by atoms with Crippen LogP contribution >= 0.6 is 11.8 Å². The summed E-state index contributed by atoms with van der Waals surface area (Å²) in [4.78, 5) is 8.05. The molecule has 0 bridgehead atoms. The molecule has 4 heteroatoms. The van der Waals surface area contributed by atoms with Crippen molar-refractivity contribution in [1.82, 2.24) is 10.2 Å². The summed E-state index contributed by atoms with van der Waals surface area (Å²) in [6, 6.07) is 11.9. The summed E-state index contributed by atoms with van der Waals surface area (Å²) in [7, 11) is 2.06. The van der Waals surface area contributed by atoms with Crippen LogP contribution < -0.4 is 5.32 Å². The van der Waals surface area contributed by atoms with Gasteiger partial charge in [0, 0.05) is 42.4 Å². The lowest BCUT2D eigenvalue weighted by atomic mass is 9.89. The van der Waals surface area contributed by atoms with E-state index in [9.17, 15) is 0 Å². The smallest absolute Gasteiger partial charge is 0.0847 e. The minimum atomic E-state index is 0.324. The molecule has 1 N–H and O–H groups in total. The van der Waals surface area contributed by atoms with Crippen molar-refractivity contribution in [3.63, 3.8) is 0 Å². The Morgan fingerprint density at radius 1 is 1.03 bits per heavy atom. The first-order valence-electron chi connectivity index (χ1n) is 13.6. The third-order valence-corrected chi connectivity index (χ3v) is 8.93. The Bertz CT molecular complexity index is 1170. The zero-order valence-corrected chi connectivity index (χ0v) is 23.9. The predicted octanol–water partition coefficient (Wildman–Crippen LogP) is 7.76. The zero-order valence-electron chi connectivity index (χ0n) is 23.1. The van der Waals surface area contributed by atoms with Crippen LogP contribution in [-0.4, -0.2) is 31.4 Å². The maximum atomic E-state index is 4.58. The fraction of sp³-hybridized carbons (Fsp3) is 0.469. The molecule has 3 nitrogen and oxygen atoms in total. The van der Waals surface area contributed by atoms with E-state index in [0.717, 1.165) is 19.5 Å². The van der Waals surface area contributed by atoms with Crippen molar-refractivity contribution >= 4 is 23.0 Å². The van der Waals surface area contributed by atoms with Crippen molar-refractivity contribution in [2.45, 2.75) is 79.1 Å². The molecule has 2 aliphatic rings. The molecule has 0 fully saturated rings. The summed E-state index contributed by atoms with van der Waals surface area (Å²) in [6.45, 7) is 13.0. The highest BCUT2D eigenvalue weighted by molar-refractivity contribution is 8.11. The Morgan fingerprint density at radius 2 is 1.81 bits per heavy atom. The standard InChI is InChI=1S/C32H43N3S/c1-7-35(6)21-33-16-15-27-17-23(3)30(18-22(27)2)24(4)31-20-36-32(25(5)34-31)29-14-13-26-11-9-8-10-12-28(26)19-29/h13-14,17-21,24,34H,7-12,15-16H2,1-6H3.